The van der Waals surface area contributed by atoms with Gasteiger partial charge < -0.3 is 45.1 Å². The molecule has 1 fully saturated rings. The highest BCUT2D eigenvalue weighted by Crippen LogP contribution is 2.60. The second kappa shape index (κ2) is 32.4. The zero-order chi connectivity index (χ0) is 48.1. The minimum absolute atomic E-state index is 0.0262. The van der Waals surface area contributed by atoms with Crippen LogP contribution in [-0.4, -0.2) is 96.9 Å². The number of esters is 2. The van der Waals surface area contributed by atoms with E-state index in [2.05, 4.69) is 36.1 Å². The van der Waals surface area contributed by atoms with Crippen LogP contribution < -0.4 is 11.4 Å². The van der Waals surface area contributed by atoms with Crippen LogP contribution in [-0.2, 0) is 46.3 Å². The van der Waals surface area contributed by atoms with Crippen LogP contribution in [0.4, 0.5) is 5.82 Å². The topological polar surface area (TPSA) is 286 Å². The van der Waals surface area contributed by atoms with Gasteiger partial charge in [0.15, 0.2) is 12.3 Å². The van der Waals surface area contributed by atoms with Gasteiger partial charge in [0.1, 0.15) is 30.7 Å². The lowest BCUT2D eigenvalue weighted by Crippen LogP contribution is -2.36. The summed E-state index contributed by atoms with van der Waals surface area (Å²) >= 11 is 0. The summed E-state index contributed by atoms with van der Waals surface area (Å²) in [5.41, 5.74) is 4.56. The maximum Gasteiger partial charge on any atom is 0.481 e. The Morgan fingerprint density at radius 2 is 1.45 bits per heavy atom. The Morgan fingerprint density at radius 1 is 0.831 bits per heavy atom. The Labute approximate surface area is 382 Å². The minimum Gasteiger partial charge on any atom is -0.462 e. The van der Waals surface area contributed by atoms with E-state index in [1.807, 2.05) is 42.5 Å². The molecule has 21 heteroatoms. The van der Waals surface area contributed by atoms with Crippen molar-refractivity contribution in [2.75, 3.05) is 25.6 Å². The number of hydrogen-bond acceptors (Lipinski definition) is 16. The second-order valence-corrected chi connectivity index (χ2v) is 19.2. The number of phosphoric acid groups is 2. The number of unbranched alkanes of at least 4 members (excludes halogenated alkanes) is 7. The van der Waals surface area contributed by atoms with Crippen LogP contribution >= 0.6 is 15.6 Å². The number of allylic oxidation sites excluding steroid dienone is 7. The Morgan fingerprint density at radius 3 is 2.11 bits per heavy atom. The summed E-state index contributed by atoms with van der Waals surface area (Å²) < 4.78 is 56.4. The lowest BCUT2D eigenvalue weighted by Gasteiger charge is -2.21. The predicted octanol–water partition coefficient (Wildman–Crippen LogP) is 7.04. The van der Waals surface area contributed by atoms with Crippen LogP contribution in [0.2, 0.25) is 0 Å². The molecule has 0 aliphatic carbocycles. The molecule has 0 radical (unpaired) electrons. The summed E-state index contributed by atoms with van der Waals surface area (Å²) in [5, 5.41) is 30.7. The van der Waals surface area contributed by atoms with Gasteiger partial charge in [-0.25, -0.2) is 13.9 Å². The number of nitrogens with two attached hydrogens (primary N) is 1. The van der Waals surface area contributed by atoms with Crippen molar-refractivity contribution < 1.29 is 71.4 Å². The number of aromatic nitrogens is 2. The molecule has 0 saturated carbocycles. The molecule has 2 unspecified atom stereocenters. The Kier molecular flexibility index (Phi) is 28.8. The highest BCUT2D eigenvalue weighted by molar-refractivity contribution is 7.61. The molecule has 0 amide bonds. The van der Waals surface area contributed by atoms with E-state index in [-0.39, 0.29) is 24.8 Å². The average Bonchev–Trinajstić information content (AvgIpc) is 3.52. The molecule has 8 atom stereocenters. The number of anilines is 1. The van der Waals surface area contributed by atoms with Gasteiger partial charge in [0.05, 0.1) is 19.3 Å². The third-order valence-electron chi connectivity index (χ3n) is 9.92. The Bertz CT molecular complexity index is 1800. The highest BCUT2D eigenvalue weighted by Gasteiger charge is 2.46. The van der Waals surface area contributed by atoms with Crippen molar-refractivity contribution in [2.45, 2.75) is 167 Å². The Balaban J connectivity index is 1.85. The number of carbonyl (C=O) groups excluding carboxylic acids is 2. The van der Waals surface area contributed by atoms with E-state index in [0.29, 0.717) is 25.2 Å². The molecule has 1 saturated heterocycles. The van der Waals surface area contributed by atoms with Gasteiger partial charge in [-0.05, 0) is 56.9 Å². The van der Waals surface area contributed by atoms with Gasteiger partial charge in [0.25, 0.3) is 0 Å². The molecule has 1 aliphatic heterocycles. The van der Waals surface area contributed by atoms with Crippen molar-refractivity contribution in [3.63, 3.8) is 0 Å². The summed E-state index contributed by atoms with van der Waals surface area (Å²) in [4.78, 5) is 61.5. The normalized spacial score (nSPS) is 20.8. The molecule has 370 valence electrons. The van der Waals surface area contributed by atoms with Crippen molar-refractivity contribution in [3.05, 3.63) is 71.4 Å². The molecule has 2 rings (SSSR count). The lowest BCUT2D eigenvalue weighted by molar-refractivity contribution is -0.161. The Hall–Kier alpha value is -3.32. The number of phosphoric ester groups is 2. The summed E-state index contributed by atoms with van der Waals surface area (Å²) in [6, 6.07) is 1.24. The molecule has 1 aliphatic rings. The van der Waals surface area contributed by atoms with Gasteiger partial charge >= 0.3 is 33.3 Å². The van der Waals surface area contributed by atoms with Crippen LogP contribution in [0.15, 0.2) is 65.7 Å². The zero-order valence-corrected chi connectivity index (χ0v) is 39.8. The minimum atomic E-state index is -5.43. The standard InChI is InChI=1S/C44H73N3O16P2/c1-4-5-25-35(48)26-21-17-12-10-8-6-7-9-11-13-18-22-27-39(49)58-31-36(61-40(50)28-23-19-15-14-16-20-24-34(2)3)32-59-64(54,55)63-65(56,57)60-33-37-41(51)42(52)43(62-37)47-30-29-38(45)46-44(47)53/h6-7,10-13,21,26,29-30,34-37,41-43,48,51-52H,4-5,8-9,14-20,22-25,27-28,31-33H2,1-3H3,(H,54,55)(H,56,57)(H2,45,46,53)/b7-6-,12-10-,13-11-,26-21-/t35-,36+,37+,41+,42+,43+/m0/s1. The molecule has 1 aromatic rings. The maximum absolute atomic E-state index is 12.8. The van der Waals surface area contributed by atoms with E-state index in [0.717, 1.165) is 87.8 Å². The third-order valence-corrected chi connectivity index (χ3v) is 12.5. The van der Waals surface area contributed by atoms with Gasteiger partial charge in [0.2, 0.25) is 0 Å². The molecule has 7 N–H and O–H groups in total. The predicted molar refractivity (Wildman–Crippen MR) is 244 cm³/mol. The van der Waals surface area contributed by atoms with E-state index in [9.17, 15) is 48.6 Å². The number of carbonyl (C=O) groups is 2. The number of aliphatic hydroxyl groups is 3. The molecule has 65 heavy (non-hydrogen) atoms. The number of nitrogens with zero attached hydrogens (tertiary/aromatic N) is 2. The average molecular weight is 962 g/mol. The molecule has 1 aromatic heterocycles. The smallest absolute Gasteiger partial charge is 0.462 e. The van der Waals surface area contributed by atoms with Crippen LogP contribution in [0.1, 0.15) is 136 Å². The summed E-state index contributed by atoms with van der Waals surface area (Å²) in [6.45, 7) is 4.08. The molecule has 0 bridgehead atoms. The monoisotopic (exact) mass is 961 g/mol. The largest absolute Gasteiger partial charge is 0.481 e. The maximum atomic E-state index is 12.8. The van der Waals surface area contributed by atoms with Crippen molar-refractivity contribution in [1.29, 1.82) is 0 Å². The number of rotatable bonds is 35. The number of aliphatic hydroxyl groups excluding tert-OH is 3. The molecule has 19 nitrogen and oxygen atoms in total. The summed E-state index contributed by atoms with van der Waals surface area (Å²) in [7, 11) is -10.9. The fraction of sp³-hybridized carbons (Fsp3) is 0.682. The van der Waals surface area contributed by atoms with E-state index >= 15 is 0 Å². The summed E-state index contributed by atoms with van der Waals surface area (Å²) in [6.07, 6.45) is 21.8. The van der Waals surface area contributed by atoms with Crippen LogP contribution in [0.5, 0.6) is 0 Å². The first-order chi connectivity index (χ1) is 30.9. The molecular weight excluding hydrogens is 888 g/mol. The molecule has 0 spiro atoms. The van der Waals surface area contributed by atoms with Gasteiger partial charge in [-0.15, -0.1) is 0 Å². The van der Waals surface area contributed by atoms with Crippen molar-refractivity contribution in [3.8, 4) is 0 Å². The van der Waals surface area contributed by atoms with Crippen molar-refractivity contribution in [2.24, 2.45) is 5.92 Å². The zero-order valence-electron chi connectivity index (χ0n) is 38.1. The van der Waals surface area contributed by atoms with E-state index in [1.165, 1.54) is 6.07 Å². The van der Waals surface area contributed by atoms with E-state index < -0.39 is 83.7 Å². The first kappa shape index (κ1) is 57.8. The molecule has 0 aromatic carbocycles. The second-order valence-electron chi connectivity index (χ2n) is 16.2. The number of hydrogen-bond donors (Lipinski definition) is 6. The number of nitrogen functional groups attached to an aromatic ring is 1. The van der Waals surface area contributed by atoms with Crippen LogP contribution in [0, 0.1) is 5.92 Å². The van der Waals surface area contributed by atoms with Crippen molar-refractivity contribution in [1.82, 2.24) is 9.55 Å². The van der Waals surface area contributed by atoms with Gasteiger partial charge in [-0.3, -0.25) is 23.2 Å². The van der Waals surface area contributed by atoms with Crippen LogP contribution in [0.25, 0.3) is 0 Å². The lowest BCUT2D eigenvalue weighted by atomic mass is 10.0. The fourth-order valence-corrected chi connectivity index (χ4v) is 8.44. The SMILES string of the molecule is CCCC[C@H](O)/C=C\C/C=C\C/C=C\C/C=C\CCCC(=O)OC[C@H](COP(=O)(O)OP(=O)(O)OC[C@H]1O[C@@H](n2ccc(N)nc2=O)[C@H](O)[C@@H]1O)OC(=O)CCCCCCCCC(C)C. The van der Waals surface area contributed by atoms with Gasteiger partial charge in [0, 0.05) is 19.0 Å². The number of ether oxygens (including phenoxy) is 3. The highest BCUT2D eigenvalue weighted by atomic mass is 31.3. The van der Waals surface area contributed by atoms with E-state index in [4.69, 9.17) is 29.0 Å². The molecular formula is C44H73N3O16P2. The van der Waals surface area contributed by atoms with E-state index in [1.54, 1.807) is 0 Å². The fourth-order valence-electron chi connectivity index (χ4n) is 6.33. The van der Waals surface area contributed by atoms with Crippen molar-refractivity contribution >= 4 is 33.4 Å². The first-order valence-electron chi connectivity index (χ1n) is 22.6. The third kappa shape index (κ3) is 26.6. The first-order valence-corrected chi connectivity index (χ1v) is 25.6. The van der Waals surface area contributed by atoms with Gasteiger partial charge in [-0.1, -0.05) is 121 Å². The molecule has 2 heterocycles. The quantitative estimate of drug-likeness (QED) is 0.0172. The van der Waals surface area contributed by atoms with Crippen LogP contribution in [0.3, 0.4) is 0 Å². The van der Waals surface area contributed by atoms with Gasteiger partial charge in [-0.2, -0.15) is 9.29 Å². The summed E-state index contributed by atoms with van der Waals surface area (Å²) in [5.74, 6) is -0.751.